The van der Waals surface area contributed by atoms with Crippen LogP contribution in [0.25, 0.3) is 10.3 Å². The van der Waals surface area contributed by atoms with Crippen LogP contribution >= 0.6 is 11.3 Å². The van der Waals surface area contributed by atoms with Gasteiger partial charge in [-0.3, -0.25) is 4.79 Å². The molecule has 1 aliphatic carbocycles. The Morgan fingerprint density at radius 1 is 1.08 bits per heavy atom. The molecule has 198 valence electrons. The summed E-state index contributed by atoms with van der Waals surface area (Å²) in [5.41, 5.74) is 1.55. The van der Waals surface area contributed by atoms with Gasteiger partial charge < -0.3 is 15.0 Å². The van der Waals surface area contributed by atoms with Gasteiger partial charge in [-0.1, -0.05) is 49.2 Å². The molecule has 10 heteroatoms. The quantitative estimate of drug-likeness (QED) is 0.433. The number of methoxy groups -OCH3 is 1. The van der Waals surface area contributed by atoms with Gasteiger partial charge in [-0.15, -0.1) is 0 Å². The first-order valence-electron chi connectivity index (χ1n) is 13.0. The zero-order valence-corrected chi connectivity index (χ0v) is 23.0. The Morgan fingerprint density at radius 3 is 2.46 bits per heavy atom. The van der Waals surface area contributed by atoms with Crippen molar-refractivity contribution in [2.45, 2.75) is 61.0 Å². The number of likely N-dealkylation sites (tertiary alicyclic amines) is 1. The van der Waals surface area contributed by atoms with Gasteiger partial charge in [0.05, 0.1) is 23.2 Å². The number of carbonyl (C=O) groups is 1. The predicted molar refractivity (Wildman–Crippen MR) is 146 cm³/mol. The minimum absolute atomic E-state index is 0.121. The Morgan fingerprint density at radius 2 is 1.78 bits per heavy atom. The highest BCUT2D eigenvalue weighted by atomic mass is 32.2. The molecule has 1 saturated heterocycles. The summed E-state index contributed by atoms with van der Waals surface area (Å²) in [5.74, 6) is 0.490. The molecule has 3 aromatic rings. The maximum Gasteiger partial charge on any atom is 0.233 e. The molecule has 2 fully saturated rings. The number of amides is 1. The molecule has 1 amide bonds. The molecule has 3 heterocycles. The van der Waals surface area contributed by atoms with Crippen molar-refractivity contribution in [2.24, 2.45) is 5.92 Å². The standard InChI is InChI=1S/C27H34N4O4S2/c1-31-15-13-21(14-16-31)37(33,34)20-9-7-19(8-10-20)22(17-18-5-3-4-6-18)25(32)30-27-28-23-11-12-24(35-2)29-26(23)36-27/h7-12,18,21-22H,3-6,13-17H2,1-2H3,(H,28,30,32). The number of aromatic nitrogens is 2. The topological polar surface area (TPSA) is 101 Å². The fourth-order valence-electron chi connectivity index (χ4n) is 5.51. The first kappa shape index (κ1) is 26.1. The lowest BCUT2D eigenvalue weighted by molar-refractivity contribution is -0.118. The number of anilines is 1. The maximum absolute atomic E-state index is 13.5. The number of rotatable bonds is 8. The van der Waals surface area contributed by atoms with E-state index in [4.69, 9.17) is 4.74 Å². The molecule has 1 saturated carbocycles. The van der Waals surface area contributed by atoms with E-state index >= 15 is 0 Å². The zero-order valence-electron chi connectivity index (χ0n) is 21.4. The Kier molecular flexibility index (Phi) is 7.78. The number of hydrogen-bond donors (Lipinski definition) is 1. The molecule has 0 spiro atoms. The molecule has 1 unspecified atom stereocenters. The van der Waals surface area contributed by atoms with Crippen LogP contribution in [-0.4, -0.2) is 61.7 Å². The number of piperidine rings is 1. The average molecular weight is 543 g/mol. The lowest BCUT2D eigenvalue weighted by atomic mass is 9.87. The normalized spacial score (nSPS) is 18.8. The molecule has 37 heavy (non-hydrogen) atoms. The summed E-state index contributed by atoms with van der Waals surface area (Å²) in [6.45, 7) is 1.58. The van der Waals surface area contributed by atoms with Crippen molar-refractivity contribution in [1.82, 2.24) is 14.9 Å². The lowest BCUT2D eigenvalue weighted by Crippen LogP contribution is -2.37. The van der Waals surface area contributed by atoms with Gasteiger partial charge >= 0.3 is 0 Å². The van der Waals surface area contributed by atoms with Crippen molar-refractivity contribution in [3.05, 3.63) is 42.0 Å². The van der Waals surface area contributed by atoms with E-state index in [-0.39, 0.29) is 17.1 Å². The van der Waals surface area contributed by atoms with Crippen LogP contribution in [0.2, 0.25) is 0 Å². The number of fused-ring (bicyclic) bond motifs is 1. The van der Waals surface area contributed by atoms with Crippen molar-refractivity contribution in [1.29, 1.82) is 0 Å². The van der Waals surface area contributed by atoms with Crippen molar-refractivity contribution in [3.63, 3.8) is 0 Å². The molecule has 5 rings (SSSR count). The fourth-order valence-corrected chi connectivity index (χ4v) is 8.08. The fraction of sp³-hybridized carbons (Fsp3) is 0.519. The lowest BCUT2D eigenvalue weighted by Gasteiger charge is -2.28. The third-order valence-electron chi connectivity index (χ3n) is 7.74. The molecular formula is C27H34N4O4S2. The molecule has 1 N–H and O–H groups in total. The van der Waals surface area contributed by atoms with E-state index in [0.717, 1.165) is 37.9 Å². The van der Waals surface area contributed by atoms with Gasteiger partial charge in [-0.05, 0) is 69.1 Å². The number of nitrogens with one attached hydrogen (secondary N) is 1. The minimum Gasteiger partial charge on any atom is -0.481 e. The van der Waals surface area contributed by atoms with E-state index in [1.807, 2.05) is 25.2 Å². The van der Waals surface area contributed by atoms with Crippen LogP contribution < -0.4 is 10.1 Å². The van der Waals surface area contributed by atoms with Crippen LogP contribution in [0.5, 0.6) is 5.88 Å². The second-order valence-corrected chi connectivity index (χ2v) is 13.4. The van der Waals surface area contributed by atoms with Crippen LogP contribution in [0, 0.1) is 5.92 Å². The number of nitrogens with zero attached hydrogens (tertiary/aromatic N) is 3. The van der Waals surface area contributed by atoms with Crippen LogP contribution in [0.3, 0.4) is 0 Å². The number of sulfone groups is 1. The highest BCUT2D eigenvalue weighted by Crippen LogP contribution is 2.36. The summed E-state index contributed by atoms with van der Waals surface area (Å²) in [6.07, 6.45) is 6.67. The van der Waals surface area contributed by atoms with E-state index in [2.05, 4.69) is 20.2 Å². The number of hydrogen-bond acceptors (Lipinski definition) is 8. The number of pyridine rings is 1. The first-order valence-corrected chi connectivity index (χ1v) is 15.3. The van der Waals surface area contributed by atoms with Crippen LogP contribution in [0.4, 0.5) is 5.13 Å². The van der Waals surface area contributed by atoms with Crippen molar-refractivity contribution < 1.29 is 17.9 Å². The van der Waals surface area contributed by atoms with Gasteiger partial charge in [-0.25, -0.2) is 18.4 Å². The monoisotopic (exact) mass is 542 g/mol. The Hall–Kier alpha value is -2.56. The smallest absolute Gasteiger partial charge is 0.233 e. The third-order valence-corrected chi connectivity index (χ3v) is 10.9. The molecular weight excluding hydrogens is 508 g/mol. The number of thiazole rings is 1. The van der Waals surface area contributed by atoms with Gasteiger partial charge in [-0.2, -0.15) is 0 Å². The van der Waals surface area contributed by atoms with Gasteiger partial charge in [0, 0.05) is 6.07 Å². The summed E-state index contributed by atoms with van der Waals surface area (Å²) in [4.78, 5) is 25.7. The Bertz CT molecular complexity index is 1340. The highest BCUT2D eigenvalue weighted by molar-refractivity contribution is 7.92. The van der Waals surface area contributed by atoms with Gasteiger partial charge in [0.15, 0.2) is 15.0 Å². The summed E-state index contributed by atoms with van der Waals surface area (Å²) >= 11 is 1.32. The van der Waals surface area contributed by atoms with Gasteiger partial charge in [0.2, 0.25) is 11.8 Å². The number of ether oxygens (including phenoxy) is 1. The molecule has 8 nitrogen and oxygen atoms in total. The molecule has 0 radical (unpaired) electrons. The van der Waals surface area contributed by atoms with Gasteiger partial charge in [0.1, 0.15) is 10.3 Å². The predicted octanol–water partition coefficient (Wildman–Crippen LogP) is 4.87. The zero-order chi connectivity index (χ0) is 26.0. The summed E-state index contributed by atoms with van der Waals surface area (Å²) < 4.78 is 31.7. The van der Waals surface area contributed by atoms with Crippen LogP contribution in [0.15, 0.2) is 41.3 Å². The van der Waals surface area contributed by atoms with Crippen molar-refractivity contribution in [3.8, 4) is 5.88 Å². The third kappa shape index (κ3) is 5.81. The first-order chi connectivity index (χ1) is 17.8. The molecule has 1 aliphatic heterocycles. The average Bonchev–Trinajstić information content (AvgIpc) is 3.56. The van der Waals surface area contributed by atoms with E-state index in [1.54, 1.807) is 25.3 Å². The van der Waals surface area contributed by atoms with E-state index in [1.165, 1.54) is 24.2 Å². The molecule has 1 atom stereocenters. The second-order valence-electron chi connectivity index (χ2n) is 10.2. The van der Waals surface area contributed by atoms with Crippen molar-refractivity contribution >= 4 is 42.6 Å². The molecule has 1 aromatic carbocycles. The van der Waals surface area contributed by atoms with E-state index in [9.17, 15) is 13.2 Å². The molecule has 2 aliphatic rings. The summed E-state index contributed by atoms with van der Waals surface area (Å²) in [7, 11) is 0.196. The molecule has 0 bridgehead atoms. The van der Waals surface area contributed by atoms with Crippen LogP contribution in [0.1, 0.15) is 56.4 Å². The van der Waals surface area contributed by atoms with Crippen LogP contribution in [-0.2, 0) is 14.6 Å². The maximum atomic E-state index is 13.5. The minimum atomic E-state index is -3.39. The van der Waals surface area contributed by atoms with E-state index < -0.39 is 9.84 Å². The largest absolute Gasteiger partial charge is 0.481 e. The Labute approximate surface area is 222 Å². The highest BCUT2D eigenvalue weighted by Gasteiger charge is 2.32. The molecule has 2 aromatic heterocycles. The summed E-state index contributed by atoms with van der Waals surface area (Å²) in [5, 5.41) is 3.16. The Balaban J connectivity index is 1.36. The summed E-state index contributed by atoms with van der Waals surface area (Å²) in [6, 6.07) is 10.6. The SMILES string of the molecule is COc1ccc2nc(NC(=O)C(CC3CCCC3)c3ccc(S(=O)(=O)C4CCN(C)CC4)cc3)sc2n1. The second kappa shape index (κ2) is 11.0. The van der Waals surface area contributed by atoms with Gasteiger partial charge in [0.25, 0.3) is 0 Å². The number of benzene rings is 1. The van der Waals surface area contributed by atoms with Crippen molar-refractivity contribution in [2.75, 3.05) is 32.6 Å². The van der Waals surface area contributed by atoms with E-state index in [0.29, 0.717) is 45.0 Å². The number of carbonyl (C=O) groups excluding carboxylic acids is 1.